The van der Waals surface area contributed by atoms with Gasteiger partial charge in [0, 0.05) is 92.9 Å². The summed E-state index contributed by atoms with van der Waals surface area (Å²) < 4.78 is 37.0. The van der Waals surface area contributed by atoms with Crippen LogP contribution in [0.5, 0.6) is 11.5 Å². The van der Waals surface area contributed by atoms with Crippen LogP contribution in [0.4, 0.5) is 28.3 Å². The van der Waals surface area contributed by atoms with Crippen LogP contribution in [0.3, 0.4) is 0 Å². The summed E-state index contributed by atoms with van der Waals surface area (Å²) in [6.45, 7) is 10.5. The third-order valence-corrected chi connectivity index (χ3v) is 13.2. The van der Waals surface area contributed by atoms with E-state index in [1.807, 2.05) is 43.3 Å². The molecular weight excluding hydrogens is 1010 g/mol. The Morgan fingerprint density at radius 1 is 0.731 bits per heavy atom. The molecule has 3 amide bonds. The molecule has 4 aromatic rings. The molecule has 0 saturated carbocycles. The highest BCUT2D eigenvalue weighted by molar-refractivity contribution is 5.94. The number of phenolic OH excluding ortho intramolecular Hbond substituents is 1. The molecule has 0 spiro atoms. The molecule has 0 bridgehead atoms. The van der Waals surface area contributed by atoms with Crippen LogP contribution in [-0.2, 0) is 54.4 Å². The van der Waals surface area contributed by atoms with Gasteiger partial charge in [-0.15, -0.1) is 0 Å². The number of benzene rings is 2. The van der Waals surface area contributed by atoms with Crippen molar-refractivity contribution in [1.29, 1.82) is 0 Å². The summed E-state index contributed by atoms with van der Waals surface area (Å²) in [5.74, 6) is 1.75. The summed E-state index contributed by atoms with van der Waals surface area (Å²) in [5.41, 5.74) is 3.53. The van der Waals surface area contributed by atoms with E-state index in [2.05, 4.69) is 46.5 Å². The number of aromatic nitrogens is 4. The van der Waals surface area contributed by atoms with E-state index in [1.54, 1.807) is 71.3 Å². The highest BCUT2D eigenvalue weighted by Gasteiger charge is 2.38. The van der Waals surface area contributed by atoms with Crippen LogP contribution in [0.2, 0.25) is 0 Å². The van der Waals surface area contributed by atoms with Crippen LogP contribution >= 0.6 is 0 Å². The molecule has 2 aromatic carbocycles. The fourth-order valence-corrected chi connectivity index (χ4v) is 8.62. The van der Waals surface area contributed by atoms with Gasteiger partial charge in [0.15, 0.2) is 6.79 Å². The van der Waals surface area contributed by atoms with Crippen LogP contribution in [-0.4, -0.2) is 208 Å². The van der Waals surface area contributed by atoms with Crippen molar-refractivity contribution in [3.63, 3.8) is 0 Å². The van der Waals surface area contributed by atoms with E-state index < -0.39 is 41.8 Å². The highest BCUT2D eigenvalue weighted by atomic mass is 16.7. The maximum Gasteiger partial charge on any atom is 0.410 e. The minimum absolute atomic E-state index is 0.0714. The molecule has 8 rings (SSSR count). The fourth-order valence-electron chi connectivity index (χ4n) is 8.62. The largest absolute Gasteiger partial charge is 0.508 e. The van der Waals surface area contributed by atoms with Crippen LogP contribution in [0.25, 0.3) is 0 Å². The zero-order chi connectivity index (χ0) is 55.9. The van der Waals surface area contributed by atoms with Crippen molar-refractivity contribution in [2.45, 2.75) is 88.7 Å². The van der Waals surface area contributed by atoms with E-state index in [0.717, 1.165) is 22.3 Å². The molecule has 25 nitrogen and oxygen atoms in total. The highest BCUT2D eigenvalue weighted by Crippen LogP contribution is 2.30. The van der Waals surface area contributed by atoms with E-state index >= 15 is 0 Å². The van der Waals surface area contributed by atoms with Gasteiger partial charge >= 0.3 is 6.09 Å². The van der Waals surface area contributed by atoms with Crippen molar-refractivity contribution in [1.82, 2.24) is 40.8 Å². The maximum absolute atomic E-state index is 13.3. The lowest BCUT2D eigenvalue weighted by atomic mass is 9.91. The molecule has 25 heteroatoms. The number of hydrogen-bond donors (Lipinski definition) is 8. The molecule has 2 saturated heterocycles. The van der Waals surface area contributed by atoms with Gasteiger partial charge < -0.3 is 84.9 Å². The number of phenols is 1. The number of rotatable bonds is 23. The van der Waals surface area contributed by atoms with Crippen molar-refractivity contribution < 1.29 is 62.9 Å². The maximum atomic E-state index is 13.3. The molecule has 2 fully saturated rings. The average molecular weight is 1090 g/mol. The monoisotopic (exact) mass is 1090 g/mol. The Hall–Kier alpha value is -6.71. The number of nitrogens with zero attached hydrogens (tertiary/aromatic N) is 7. The molecule has 4 aliphatic heterocycles. The molecule has 4 atom stereocenters. The van der Waals surface area contributed by atoms with E-state index in [9.17, 15) is 29.7 Å². The van der Waals surface area contributed by atoms with Crippen molar-refractivity contribution in [2.75, 3.05) is 128 Å². The Labute approximate surface area is 454 Å². The first-order valence-corrected chi connectivity index (χ1v) is 26.0. The lowest BCUT2D eigenvalue weighted by Gasteiger charge is -2.40. The van der Waals surface area contributed by atoms with Crippen molar-refractivity contribution in [3.8, 4) is 11.5 Å². The molecule has 0 unspecified atom stereocenters. The second kappa shape index (κ2) is 27.7. The average Bonchev–Trinajstić information content (AvgIpc) is 3.43. The van der Waals surface area contributed by atoms with Crippen LogP contribution in [0, 0.1) is 0 Å². The van der Waals surface area contributed by atoms with Gasteiger partial charge in [0.05, 0.1) is 70.0 Å². The van der Waals surface area contributed by atoms with Gasteiger partial charge in [0.25, 0.3) is 11.8 Å². The number of amides is 3. The fraction of sp³-hybridized carbons (Fsp3) is 0.566. The van der Waals surface area contributed by atoms with Crippen LogP contribution < -0.4 is 41.1 Å². The minimum atomic E-state index is -1.10. The summed E-state index contributed by atoms with van der Waals surface area (Å²) in [6.07, 6.45) is -1.49. The van der Waals surface area contributed by atoms with Gasteiger partial charge in [-0.05, 0) is 80.1 Å². The Morgan fingerprint density at radius 3 is 1.81 bits per heavy atom. The topological polar surface area (TPSA) is 298 Å². The number of hydrogen-bond acceptors (Lipinski definition) is 22. The molecule has 4 aliphatic rings. The number of carbonyl (C=O) groups excluding carboxylic acids is 3. The normalized spacial score (nSPS) is 17.8. The van der Waals surface area contributed by atoms with Gasteiger partial charge in [0.2, 0.25) is 11.9 Å². The Morgan fingerprint density at radius 2 is 1.28 bits per heavy atom. The summed E-state index contributed by atoms with van der Waals surface area (Å²) in [4.78, 5) is 62.6. The number of ether oxygens (including phenoxy) is 7. The summed E-state index contributed by atoms with van der Waals surface area (Å²) >= 11 is 0. The summed E-state index contributed by atoms with van der Waals surface area (Å²) in [6, 6.07) is 13.4. The van der Waals surface area contributed by atoms with Gasteiger partial charge in [0.1, 0.15) is 40.1 Å². The van der Waals surface area contributed by atoms with E-state index in [-0.39, 0.29) is 61.7 Å². The molecule has 6 heterocycles. The SMILES string of the molecule is COCCN(C)c1nc(NC2COC2)cc(C(=O)NC[C@@H](O)[C@@H]2Cc3ccc(O)cc3CN2)n1.COCCN(C)c1nc(NC2COC2)cc(C(=O)NC[C@@H](O)[C@@H]2Cc3ccc(OCOC)cc3CN2C(=O)OC(C)(C)C)n1. The zero-order valence-corrected chi connectivity index (χ0v) is 45.7. The Balaban J connectivity index is 0.000000233. The first-order valence-electron chi connectivity index (χ1n) is 26.0. The summed E-state index contributed by atoms with van der Waals surface area (Å²) in [5, 5.41) is 47.1. The predicted octanol–water partition coefficient (Wildman–Crippen LogP) is 1.69. The Kier molecular flexibility index (Phi) is 21.0. The van der Waals surface area contributed by atoms with Crippen molar-refractivity contribution in [2.24, 2.45) is 0 Å². The third-order valence-electron chi connectivity index (χ3n) is 13.2. The third kappa shape index (κ3) is 16.7. The molecule has 78 heavy (non-hydrogen) atoms. The predicted molar refractivity (Wildman–Crippen MR) is 288 cm³/mol. The minimum Gasteiger partial charge on any atom is -0.508 e. The molecule has 8 N–H and O–H groups in total. The van der Waals surface area contributed by atoms with Gasteiger partial charge in [-0.1, -0.05) is 12.1 Å². The molecule has 0 aliphatic carbocycles. The lowest BCUT2D eigenvalue weighted by Crippen LogP contribution is -2.54. The van der Waals surface area contributed by atoms with Crippen molar-refractivity contribution >= 4 is 41.4 Å². The van der Waals surface area contributed by atoms with Gasteiger partial charge in [-0.2, -0.15) is 9.97 Å². The van der Waals surface area contributed by atoms with Crippen molar-refractivity contribution in [3.05, 3.63) is 82.2 Å². The number of aliphatic hydroxyl groups excluding tert-OH is 2. The van der Waals surface area contributed by atoms with Gasteiger partial charge in [-0.3, -0.25) is 14.5 Å². The number of likely N-dealkylation sites (N-methyl/N-ethyl adjacent to an activating group) is 2. The van der Waals surface area contributed by atoms with E-state index in [4.69, 9.17) is 33.2 Å². The standard InChI is InChI=1S/C30H44N6O8.C23H32N6O5/c1-30(2,3)44-29(39)36-15-20-11-22(43-18-41-6)8-7-19(20)12-24(36)25(37)14-31-27(38)23-13-26(32-21-16-42-17-21)34-28(33-23)35(4)9-10-40-5;1-29(5-6-33-2)23-27-19(9-21(28-23)26-16-12-34-13-16)22(32)25-11-20(31)18-8-14-3-4-17(30)7-15(14)10-24-18/h7-8,11,13,21,24-25,37H,9-10,12,14-18H2,1-6H3,(H,31,38)(H,32,33,34);3-4,7,9,16,18,20,24,30-31H,5-6,8,10-13H2,1-2H3,(H,25,32)(H,26,27,28)/t24-,25+;18-,20+/m00/s1. The van der Waals surface area contributed by atoms with E-state index in [1.165, 1.54) is 4.90 Å². The van der Waals surface area contributed by atoms with Crippen LogP contribution in [0.1, 0.15) is 64.0 Å². The molecule has 426 valence electrons. The second-order valence-corrected chi connectivity index (χ2v) is 20.5. The van der Waals surface area contributed by atoms with Crippen LogP contribution in [0.15, 0.2) is 48.5 Å². The van der Waals surface area contributed by atoms with E-state index in [0.29, 0.717) is 101 Å². The zero-order valence-electron chi connectivity index (χ0n) is 45.7. The number of carbonyl (C=O) groups is 3. The number of nitrogens with one attached hydrogen (secondary N) is 5. The molecular formula is C53H76N12O13. The first-order chi connectivity index (χ1) is 37.4. The number of methoxy groups -OCH3 is 3. The number of fused-ring (bicyclic) bond motifs is 2. The Bertz CT molecular complexity index is 2640. The molecule has 2 aromatic heterocycles. The van der Waals surface area contributed by atoms with Gasteiger partial charge in [-0.25, -0.2) is 14.8 Å². The number of aromatic hydroxyl groups is 1. The smallest absolute Gasteiger partial charge is 0.410 e. The molecule has 0 radical (unpaired) electrons. The summed E-state index contributed by atoms with van der Waals surface area (Å²) in [7, 11) is 8.42. The quantitative estimate of drug-likeness (QED) is 0.0490. The number of anilines is 4. The lowest BCUT2D eigenvalue weighted by molar-refractivity contribution is -0.0114. The number of aliphatic hydroxyl groups is 2. The first kappa shape index (κ1) is 59.0. The second-order valence-electron chi connectivity index (χ2n) is 20.5.